The van der Waals surface area contributed by atoms with E-state index >= 15 is 0 Å². The highest BCUT2D eigenvalue weighted by atomic mass is 15.1. The van der Waals surface area contributed by atoms with Crippen molar-refractivity contribution in [2.75, 3.05) is 20.1 Å². The second-order valence-electron chi connectivity index (χ2n) is 5.29. The Morgan fingerprint density at radius 3 is 2.63 bits per heavy atom. The SMILES string of the molecule is CCCNC(CC)CCCN(C)Cc1ccncc1. The normalized spacial score (nSPS) is 12.8. The van der Waals surface area contributed by atoms with Gasteiger partial charge in [0.25, 0.3) is 0 Å². The van der Waals surface area contributed by atoms with Crippen LogP contribution in [0, 0.1) is 0 Å². The highest BCUT2D eigenvalue weighted by Gasteiger charge is 2.06. The second-order valence-corrected chi connectivity index (χ2v) is 5.29. The van der Waals surface area contributed by atoms with E-state index in [9.17, 15) is 0 Å². The third-order valence-corrected chi connectivity index (χ3v) is 3.47. The molecule has 3 nitrogen and oxygen atoms in total. The first-order valence-electron chi connectivity index (χ1n) is 7.57. The van der Waals surface area contributed by atoms with Crippen LogP contribution in [-0.4, -0.2) is 36.1 Å². The van der Waals surface area contributed by atoms with Crippen molar-refractivity contribution in [2.24, 2.45) is 0 Å². The minimum absolute atomic E-state index is 0.689. The predicted molar refractivity (Wildman–Crippen MR) is 82.2 cm³/mol. The Hall–Kier alpha value is -0.930. The van der Waals surface area contributed by atoms with Gasteiger partial charge in [0.2, 0.25) is 0 Å². The molecule has 1 aromatic heterocycles. The highest BCUT2D eigenvalue weighted by Crippen LogP contribution is 2.06. The Balaban J connectivity index is 2.17. The summed E-state index contributed by atoms with van der Waals surface area (Å²) in [5.74, 6) is 0. The maximum absolute atomic E-state index is 4.05. The molecule has 1 N–H and O–H groups in total. The molecule has 1 atom stereocenters. The third kappa shape index (κ3) is 7.28. The van der Waals surface area contributed by atoms with Gasteiger partial charge in [-0.2, -0.15) is 0 Å². The van der Waals surface area contributed by atoms with E-state index in [0.29, 0.717) is 6.04 Å². The van der Waals surface area contributed by atoms with E-state index in [2.05, 4.69) is 48.2 Å². The largest absolute Gasteiger partial charge is 0.314 e. The highest BCUT2D eigenvalue weighted by molar-refractivity contribution is 5.09. The molecule has 0 aliphatic heterocycles. The Morgan fingerprint density at radius 2 is 2.00 bits per heavy atom. The van der Waals surface area contributed by atoms with E-state index < -0.39 is 0 Å². The van der Waals surface area contributed by atoms with Gasteiger partial charge in [0.15, 0.2) is 0 Å². The van der Waals surface area contributed by atoms with Crippen LogP contribution in [0.3, 0.4) is 0 Å². The van der Waals surface area contributed by atoms with Gasteiger partial charge in [0.1, 0.15) is 0 Å². The van der Waals surface area contributed by atoms with E-state index in [1.54, 1.807) is 0 Å². The van der Waals surface area contributed by atoms with Crippen molar-refractivity contribution >= 4 is 0 Å². The van der Waals surface area contributed by atoms with Crippen LogP contribution < -0.4 is 5.32 Å². The van der Waals surface area contributed by atoms with E-state index in [0.717, 1.165) is 19.6 Å². The average molecular weight is 263 g/mol. The molecule has 0 saturated carbocycles. The Labute approximate surface area is 118 Å². The molecule has 19 heavy (non-hydrogen) atoms. The topological polar surface area (TPSA) is 28.2 Å². The smallest absolute Gasteiger partial charge is 0.0271 e. The molecule has 1 heterocycles. The van der Waals surface area contributed by atoms with Crippen LogP contribution in [0.15, 0.2) is 24.5 Å². The van der Waals surface area contributed by atoms with Crippen molar-refractivity contribution in [2.45, 2.75) is 52.1 Å². The first kappa shape index (κ1) is 16.1. The lowest BCUT2D eigenvalue weighted by Crippen LogP contribution is -2.30. The quantitative estimate of drug-likeness (QED) is 0.703. The minimum atomic E-state index is 0.689. The van der Waals surface area contributed by atoms with Crippen LogP contribution in [0.2, 0.25) is 0 Å². The molecule has 1 unspecified atom stereocenters. The molecule has 0 radical (unpaired) electrons. The van der Waals surface area contributed by atoms with Gasteiger partial charge in [-0.15, -0.1) is 0 Å². The van der Waals surface area contributed by atoms with Crippen LogP contribution in [0.25, 0.3) is 0 Å². The number of pyridine rings is 1. The standard InChI is InChI=1S/C16H29N3/c1-4-10-18-16(5-2)7-6-13-19(3)14-15-8-11-17-12-9-15/h8-9,11-12,16,18H,4-7,10,13-14H2,1-3H3. The molecule has 0 amide bonds. The predicted octanol–water partition coefficient (Wildman–Crippen LogP) is 3.07. The van der Waals surface area contributed by atoms with E-state index in [1.807, 2.05) is 12.4 Å². The zero-order valence-electron chi connectivity index (χ0n) is 12.7. The summed E-state index contributed by atoms with van der Waals surface area (Å²) in [6.07, 6.45) is 8.72. The van der Waals surface area contributed by atoms with Gasteiger partial charge in [-0.05, 0) is 63.5 Å². The van der Waals surface area contributed by atoms with E-state index in [1.165, 1.54) is 31.2 Å². The molecule has 1 rings (SSSR count). The molecule has 108 valence electrons. The van der Waals surface area contributed by atoms with Gasteiger partial charge in [-0.3, -0.25) is 4.98 Å². The number of hydrogen-bond acceptors (Lipinski definition) is 3. The maximum Gasteiger partial charge on any atom is 0.0271 e. The minimum Gasteiger partial charge on any atom is -0.314 e. The van der Waals surface area contributed by atoms with E-state index in [4.69, 9.17) is 0 Å². The Morgan fingerprint density at radius 1 is 1.26 bits per heavy atom. The number of nitrogens with one attached hydrogen (secondary N) is 1. The molecule has 0 aliphatic carbocycles. The fourth-order valence-corrected chi connectivity index (χ4v) is 2.29. The van der Waals surface area contributed by atoms with Crippen LogP contribution in [0.4, 0.5) is 0 Å². The zero-order chi connectivity index (χ0) is 13.9. The second kappa shape index (κ2) is 9.93. The van der Waals surface area contributed by atoms with E-state index in [-0.39, 0.29) is 0 Å². The van der Waals surface area contributed by atoms with Gasteiger partial charge >= 0.3 is 0 Å². The van der Waals surface area contributed by atoms with Gasteiger partial charge < -0.3 is 10.2 Å². The van der Waals surface area contributed by atoms with Crippen molar-refractivity contribution in [3.05, 3.63) is 30.1 Å². The van der Waals surface area contributed by atoms with Gasteiger partial charge in [-0.1, -0.05) is 13.8 Å². The molecular formula is C16H29N3. The summed E-state index contributed by atoms with van der Waals surface area (Å²) >= 11 is 0. The number of nitrogens with zero attached hydrogens (tertiary/aromatic N) is 2. The molecule has 0 aliphatic rings. The van der Waals surface area contributed by atoms with Crippen molar-refractivity contribution in [3.63, 3.8) is 0 Å². The molecule has 0 spiro atoms. The third-order valence-electron chi connectivity index (χ3n) is 3.47. The molecular weight excluding hydrogens is 234 g/mol. The Kier molecular flexibility index (Phi) is 8.43. The maximum atomic E-state index is 4.05. The summed E-state index contributed by atoms with van der Waals surface area (Å²) in [6, 6.07) is 4.87. The van der Waals surface area contributed by atoms with Crippen molar-refractivity contribution in [1.29, 1.82) is 0 Å². The van der Waals surface area contributed by atoms with Crippen LogP contribution in [0.1, 0.15) is 45.1 Å². The lowest BCUT2D eigenvalue weighted by atomic mass is 10.1. The van der Waals surface area contributed by atoms with Crippen molar-refractivity contribution in [1.82, 2.24) is 15.2 Å². The summed E-state index contributed by atoms with van der Waals surface area (Å²) < 4.78 is 0. The lowest BCUT2D eigenvalue weighted by molar-refractivity contribution is 0.307. The fraction of sp³-hybridized carbons (Fsp3) is 0.688. The number of aromatic nitrogens is 1. The first-order valence-corrected chi connectivity index (χ1v) is 7.57. The monoisotopic (exact) mass is 263 g/mol. The molecule has 0 aromatic carbocycles. The zero-order valence-corrected chi connectivity index (χ0v) is 12.7. The van der Waals surface area contributed by atoms with Crippen LogP contribution in [0.5, 0.6) is 0 Å². The first-order chi connectivity index (χ1) is 9.26. The van der Waals surface area contributed by atoms with Gasteiger partial charge in [0, 0.05) is 25.0 Å². The van der Waals surface area contributed by atoms with Crippen LogP contribution >= 0.6 is 0 Å². The molecule has 1 aromatic rings. The van der Waals surface area contributed by atoms with Crippen LogP contribution in [-0.2, 0) is 6.54 Å². The number of rotatable bonds is 10. The average Bonchev–Trinajstić information content (AvgIpc) is 2.43. The fourth-order valence-electron chi connectivity index (χ4n) is 2.29. The summed E-state index contributed by atoms with van der Waals surface area (Å²) in [5, 5.41) is 3.62. The summed E-state index contributed by atoms with van der Waals surface area (Å²) in [5.41, 5.74) is 1.34. The lowest BCUT2D eigenvalue weighted by Gasteiger charge is -2.20. The van der Waals surface area contributed by atoms with Gasteiger partial charge in [-0.25, -0.2) is 0 Å². The Bertz CT molecular complexity index is 313. The molecule has 0 fully saturated rings. The summed E-state index contributed by atoms with van der Waals surface area (Å²) in [7, 11) is 2.20. The summed E-state index contributed by atoms with van der Waals surface area (Å²) in [4.78, 5) is 6.44. The molecule has 0 saturated heterocycles. The van der Waals surface area contributed by atoms with Crippen molar-refractivity contribution < 1.29 is 0 Å². The summed E-state index contributed by atoms with van der Waals surface area (Å²) in [6.45, 7) is 7.82. The molecule has 3 heteroatoms. The van der Waals surface area contributed by atoms with Gasteiger partial charge in [0.05, 0.1) is 0 Å². The van der Waals surface area contributed by atoms with Crippen molar-refractivity contribution in [3.8, 4) is 0 Å². The number of hydrogen-bond donors (Lipinski definition) is 1. The molecule has 0 bridgehead atoms.